The molecule has 0 radical (unpaired) electrons. The highest BCUT2D eigenvalue weighted by atomic mass is 32.3. The minimum absolute atomic E-state index is 0.00519. The molecule has 0 saturated carbocycles. The molecule has 0 fully saturated rings. The first-order valence-electron chi connectivity index (χ1n) is 22.3. The molecule has 1 aromatic heterocycles. The number of carboxylic acids is 1. The minimum atomic E-state index is -4.71. The largest absolute Gasteiger partial charge is 0.481 e. The Morgan fingerprint density at radius 3 is 1.94 bits per heavy atom. The molecule has 0 aliphatic carbocycles. The number of hydrogen-bond donors (Lipinski definition) is 10. The average Bonchev–Trinajstić information content (AvgIpc) is 3.70. The van der Waals surface area contributed by atoms with Gasteiger partial charge in [-0.05, 0) is 60.1 Å². The van der Waals surface area contributed by atoms with Gasteiger partial charge in [-0.25, -0.2) is 0 Å². The van der Waals surface area contributed by atoms with Crippen molar-refractivity contribution in [2.24, 2.45) is 11.7 Å². The van der Waals surface area contributed by atoms with Crippen molar-refractivity contribution in [2.75, 3.05) is 6.54 Å². The molecule has 372 valence electrons. The molecule has 1 heterocycles. The molecule has 69 heavy (non-hydrogen) atoms. The van der Waals surface area contributed by atoms with Crippen LogP contribution < -0.4 is 41.8 Å². The van der Waals surface area contributed by atoms with Crippen molar-refractivity contribution in [3.63, 3.8) is 0 Å². The van der Waals surface area contributed by atoms with Gasteiger partial charge in [-0.2, -0.15) is 8.42 Å². The summed E-state index contributed by atoms with van der Waals surface area (Å²) in [5.41, 5.74) is 8.24. The number of amides is 7. The lowest BCUT2D eigenvalue weighted by molar-refractivity contribution is -0.141. The molecule has 21 nitrogen and oxygen atoms in total. The third-order valence-electron chi connectivity index (χ3n) is 10.7. The number of fused-ring (bicyclic) bond motifs is 1. The smallest absolute Gasteiger partial charge is 0.446 e. The van der Waals surface area contributed by atoms with Crippen LogP contribution >= 0.6 is 0 Å². The Bertz CT molecular complexity index is 2530. The van der Waals surface area contributed by atoms with E-state index in [1.165, 1.54) is 24.3 Å². The van der Waals surface area contributed by atoms with E-state index < -0.39 is 101 Å². The van der Waals surface area contributed by atoms with Crippen molar-refractivity contribution in [3.05, 3.63) is 102 Å². The number of aryl methyl sites for hydroxylation is 1. The second kappa shape index (κ2) is 26.3. The molecule has 11 N–H and O–H groups in total. The Balaban J connectivity index is 1.46. The van der Waals surface area contributed by atoms with Crippen molar-refractivity contribution in [1.82, 2.24) is 36.9 Å². The van der Waals surface area contributed by atoms with E-state index in [9.17, 15) is 51.9 Å². The first-order chi connectivity index (χ1) is 32.7. The monoisotopic (exact) mass is 976 g/mol. The fourth-order valence-corrected chi connectivity index (χ4v) is 7.63. The van der Waals surface area contributed by atoms with E-state index in [1.807, 2.05) is 39.0 Å². The Kier molecular flexibility index (Phi) is 20.7. The average molecular weight is 977 g/mol. The zero-order valence-electron chi connectivity index (χ0n) is 38.5. The van der Waals surface area contributed by atoms with E-state index in [4.69, 9.17) is 10.3 Å². The number of aliphatic carboxylic acids is 1. The summed E-state index contributed by atoms with van der Waals surface area (Å²) in [5.74, 6) is -7.16. The number of hydrogen-bond acceptors (Lipinski definition) is 11. The van der Waals surface area contributed by atoms with Gasteiger partial charge in [-0.15, -0.1) is 0 Å². The third kappa shape index (κ3) is 18.7. The Hall–Kier alpha value is -7.33. The summed E-state index contributed by atoms with van der Waals surface area (Å²) in [6.45, 7) is 4.91. The lowest BCUT2D eigenvalue weighted by Crippen LogP contribution is -2.59. The van der Waals surface area contributed by atoms with Crippen molar-refractivity contribution in [1.29, 1.82) is 0 Å². The first-order valence-corrected chi connectivity index (χ1v) is 23.7. The predicted molar refractivity (Wildman–Crippen MR) is 252 cm³/mol. The highest BCUT2D eigenvalue weighted by Gasteiger charge is 2.33. The summed E-state index contributed by atoms with van der Waals surface area (Å²) < 4.78 is 35.2. The van der Waals surface area contributed by atoms with Gasteiger partial charge in [-0.1, -0.05) is 94.3 Å². The van der Waals surface area contributed by atoms with Gasteiger partial charge >= 0.3 is 16.4 Å². The molecule has 0 bridgehead atoms. The van der Waals surface area contributed by atoms with Crippen LogP contribution in [0.5, 0.6) is 5.75 Å². The van der Waals surface area contributed by atoms with Gasteiger partial charge in [0.2, 0.25) is 41.4 Å². The van der Waals surface area contributed by atoms with Crippen LogP contribution in [0.4, 0.5) is 0 Å². The highest BCUT2D eigenvalue weighted by molar-refractivity contribution is 7.81. The van der Waals surface area contributed by atoms with Crippen molar-refractivity contribution in [3.8, 4) is 5.75 Å². The van der Waals surface area contributed by atoms with Crippen LogP contribution in [0.3, 0.4) is 0 Å². The van der Waals surface area contributed by atoms with E-state index in [2.05, 4.69) is 41.1 Å². The number of benzene rings is 3. The molecular formula is C47H60N8O13S. The van der Waals surface area contributed by atoms with Gasteiger partial charge in [0.15, 0.2) is 0 Å². The molecule has 0 spiro atoms. The fourth-order valence-electron chi connectivity index (χ4n) is 7.28. The number of nitrogens with two attached hydrogens (primary N) is 1. The van der Waals surface area contributed by atoms with Gasteiger partial charge in [0.05, 0.1) is 13.0 Å². The van der Waals surface area contributed by atoms with E-state index in [-0.39, 0.29) is 50.2 Å². The summed E-state index contributed by atoms with van der Waals surface area (Å²) in [5, 5.41) is 25.8. The third-order valence-corrected chi connectivity index (χ3v) is 11.1. The fraction of sp³-hybridized carbons (Fsp3) is 0.404. The molecule has 0 aliphatic heterocycles. The summed E-state index contributed by atoms with van der Waals surface area (Å²) in [4.78, 5) is 109. The van der Waals surface area contributed by atoms with E-state index in [0.29, 0.717) is 29.5 Å². The SMILES string of the molecule is CCCC[C@H](NC(=O)[C@H](Cc1c[nH]c2ccccc12)NC(=O)CNC(=O)[C@H](CC(C)C)NC(=O)CCc1ccc(OS(=O)(=O)O)cc1)C(=O)N[C@@H](CC(=O)O)C(=O)N[C@@H](Cc1ccccc1)C(N)=O. The molecule has 0 saturated heterocycles. The van der Waals surface area contributed by atoms with Crippen LogP contribution in [-0.4, -0.2) is 107 Å². The molecule has 5 atom stereocenters. The van der Waals surface area contributed by atoms with Crippen LogP contribution in [0.25, 0.3) is 10.9 Å². The summed E-state index contributed by atoms with van der Waals surface area (Å²) in [7, 11) is -4.71. The summed E-state index contributed by atoms with van der Waals surface area (Å²) in [6.07, 6.45) is 2.12. The van der Waals surface area contributed by atoms with E-state index in [0.717, 1.165) is 10.9 Å². The standard InChI is InChI=1S/C47H60N8O13S/c1-4-5-14-35(45(62)55-39(25-42(58)59)47(64)54-36(43(48)60)23-30-11-7-6-8-12-30)53-46(63)38(24-31-26-49-34-15-10-9-13-33(31)34)52-41(57)27-50-44(61)37(22-28(2)3)51-40(56)21-18-29-16-19-32(20-17-29)68-69(65,66)67/h6-13,15-17,19-20,26,28,35-39,49H,4-5,14,18,21-25,27H2,1-3H3,(H2,48,60)(H,50,61)(H,51,56)(H,52,57)(H,53,63)(H,54,64)(H,55,62)(H,58,59)(H,65,66,67)/t35-,36-,37-,38-,39-/m0/s1. The van der Waals surface area contributed by atoms with Gasteiger partial charge in [0, 0.05) is 36.4 Å². The molecule has 4 aromatic rings. The number of unbranched alkanes of at least 4 members (excludes halogenated alkanes) is 1. The van der Waals surface area contributed by atoms with E-state index >= 15 is 0 Å². The molecule has 0 unspecified atom stereocenters. The lowest BCUT2D eigenvalue weighted by Gasteiger charge is -2.26. The van der Waals surface area contributed by atoms with Gasteiger partial charge in [0.25, 0.3) is 0 Å². The zero-order valence-corrected chi connectivity index (χ0v) is 39.3. The van der Waals surface area contributed by atoms with Gasteiger partial charge in [0.1, 0.15) is 36.0 Å². The number of carboxylic acid groups (broad SMARTS) is 1. The molecule has 22 heteroatoms. The number of rotatable bonds is 28. The number of aromatic nitrogens is 1. The quantitative estimate of drug-likeness (QED) is 0.0362. The lowest BCUT2D eigenvalue weighted by atomic mass is 10.0. The first kappa shape index (κ1) is 54.3. The van der Waals surface area contributed by atoms with Crippen molar-refractivity contribution < 1.29 is 60.6 Å². The maximum atomic E-state index is 14.2. The minimum Gasteiger partial charge on any atom is -0.481 e. The van der Waals surface area contributed by atoms with Crippen LogP contribution in [0.15, 0.2) is 85.1 Å². The Labute approximate surface area is 399 Å². The second-order valence-corrected chi connectivity index (χ2v) is 17.8. The number of carbonyl (C=O) groups excluding carboxylic acids is 7. The molecule has 7 amide bonds. The number of para-hydroxylation sites is 1. The summed E-state index contributed by atoms with van der Waals surface area (Å²) >= 11 is 0. The van der Waals surface area contributed by atoms with E-state index in [1.54, 1.807) is 42.6 Å². The van der Waals surface area contributed by atoms with Gasteiger partial charge < -0.3 is 51.9 Å². The number of primary amides is 1. The molecule has 3 aromatic carbocycles. The number of carbonyl (C=O) groups is 8. The topological polar surface area (TPSA) is 334 Å². The maximum absolute atomic E-state index is 14.2. The molecular weight excluding hydrogens is 917 g/mol. The van der Waals surface area contributed by atoms with Crippen LogP contribution in [0.1, 0.15) is 76.0 Å². The summed E-state index contributed by atoms with van der Waals surface area (Å²) in [6, 6.07) is 14.9. The zero-order chi connectivity index (χ0) is 50.7. The Morgan fingerprint density at radius 1 is 0.696 bits per heavy atom. The normalized spacial score (nSPS) is 13.5. The van der Waals surface area contributed by atoms with Crippen LogP contribution in [-0.2, 0) is 68.0 Å². The molecule has 4 rings (SSSR count). The number of aromatic amines is 1. The van der Waals surface area contributed by atoms with Crippen molar-refractivity contribution in [2.45, 2.75) is 109 Å². The number of H-pyrrole nitrogens is 1. The second-order valence-electron chi connectivity index (χ2n) is 16.8. The van der Waals surface area contributed by atoms with Gasteiger partial charge in [-0.3, -0.25) is 42.9 Å². The maximum Gasteiger partial charge on any atom is 0.446 e. The molecule has 0 aliphatic rings. The van der Waals surface area contributed by atoms with Crippen LogP contribution in [0.2, 0.25) is 0 Å². The van der Waals surface area contributed by atoms with Crippen molar-refractivity contribution >= 4 is 68.6 Å². The Morgan fingerprint density at radius 2 is 1.30 bits per heavy atom. The predicted octanol–water partition coefficient (Wildman–Crippen LogP) is 1.50. The number of nitrogens with one attached hydrogen (secondary N) is 7. The van der Waals surface area contributed by atoms with Crippen LogP contribution in [0, 0.1) is 5.92 Å². The highest BCUT2D eigenvalue weighted by Crippen LogP contribution is 2.20.